The fourth-order valence-electron chi connectivity index (χ4n) is 2.37. The Bertz CT molecular complexity index is 493. The largest absolute Gasteiger partial charge is 0.497 e. The summed E-state index contributed by atoms with van der Waals surface area (Å²) >= 11 is 0. The second-order valence-corrected chi connectivity index (χ2v) is 4.92. The summed E-state index contributed by atoms with van der Waals surface area (Å²) in [5, 5.41) is 3.63. The molecular formula is C18H23NO. The van der Waals surface area contributed by atoms with Gasteiger partial charge in [-0.15, -0.1) is 0 Å². The maximum absolute atomic E-state index is 5.20. The summed E-state index contributed by atoms with van der Waals surface area (Å²) in [5.74, 6) is 0.910. The van der Waals surface area contributed by atoms with Crippen molar-refractivity contribution in [1.82, 2.24) is 5.32 Å². The minimum atomic E-state index is 0.407. The lowest BCUT2D eigenvalue weighted by Gasteiger charge is -2.18. The zero-order valence-electron chi connectivity index (χ0n) is 12.3. The van der Waals surface area contributed by atoms with E-state index in [1.807, 2.05) is 12.1 Å². The van der Waals surface area contributed by atoms with Crippen LogP contribution in [0.25, 0.3) is 0 Å². The second-order valence-electron chi connectivity index (χ2n) is 4.92. The Morgan fingerprint density at radius 2 is 1.70 bits per heavy atom. The zero-order chi connectivity index (χ0) is 14.2. The van der Waals surface area contributed by atoms with E-state index >= 15 is 0 Å². The van der Waals surface area contributed by atoms with Gasteiger partial charge in [-0.1, -0.05) is 49.4 Å². The number of rotatable bonds is 7. The SMILES string of the molecule is CCC(NCCc1ccccc1)c1ccc(OC)cc1. The molecule has 0 spiro atoms. The molecule has 106 valence electrons. The fraction of sp³-hybridized carbons (Fsp3) is 0.333. The molecule has 0 fully saturated rings. The van der Waals surface area contributed by atoms with Crippen molar-refractivity contribution in [2.75, 3.05) is 13.7 Å². The van der Waals surface area contributed by atoms with Crippen LogP contribution < -0.4 is 10.1 Å². The molecule has 2 rings (SSSR count). The van der Waals surface area contributed by atoms with Gasteiger partial charge in [-0.3, -0.25) is 0 Å². The van der Waals surface area contributed by atoms with Crippen LogP contribution in [0.1, 0.15) is 30.5 Å². The second kappa shape index (κ2) is 7.71. The van der Waals surface area contributed by atoms with E-state index < -0.39 is 0 Å². The van der Waals surface area contributed by atoms with Gasteiger partial charge in [0.15, 0.2) is 0 Å². The van der Waals surface area contributed by atoms with E-state index in [0.717, 1.165) is 25.1 Å². The molecule has 0 radical (unpaired) electrons. The first kappa shape index (κ1) is 14.6. The van der Waals surface area contributed by atoms with Crippen molar-refractivity contribution in [2.24, 2.45) is 0 Å². The van der Waals surface area contributed by atoms with E-state index in [1.165, 1.54) is 11.1 Å². The molecule has 2 heteroatoms. The van der Waals surface area contributed by atoms with Crippen LogP contribution in [0.15, 0.2) is 54.6 Å². The molecule has 1 unspecified atom stereocenters. The summed E-state index contributed by atoms with van der Waals surface area (Å²) in [6, 6.07) is 19.3. The van der Waals surface area contributed by atoms with E-state index in [4.69, 9.17) is 4.74 Å². The van der Waals surface area contributed by atoms with Crippen LogP contribution in [0.3, 0.4) is 0 Å². The maximum atomic E-state index is 5.20. The molecule has 0 aromatic heterocycles. The molecule has 0 aliphatic rings. The van der Waals surface area contributed by atoms with Gasteiger partial charge in [0.25, 0.3) is 0 Å². The number of ether oxygens (including phenoxy) is 1. The van der Waals surface area contributed by atoms with E-state index in [-0.39, 0.29) is 0 Å². The Morgan fingerprint density at radius 1 is 1.00 bits per heavy atom. The molecule has 20 heavy (non-hydrogen) atoms. The molecule has 0 aliphatic carbocycles. The molecule has 2 aromatic rings. The van der Waals surface area contributed by atoms with Crippen molar-refractivity contribution in [1.29, 1.82) is 0 Å². The lowest BCUT2D eigenvalue weighted by molar-refractivity contribution is 0.414. The number of hydrogen-bond acceptors (Lipinski definition) is 2. The van der Waals surface area contributed by atoms with E-state index in [9.17, 15) is 0 Å². The van der Waals surface area contributed by atoms with Crippen molar-refractivity contribution in [2.45, 2.75) is 25.8 Å². The standard InChI is InChI=1S/C18H23NO/c1-3-18(16-9-11-17(20-2)12-10-16)19-14-13-15-7-5-4-6-8-15/h4-12,18-19H,3,13-14H2,1-2H3. The summed E-state index contributed by atoms with van der Waals surface area (Å²) in [5.41, 5.74) is 2.70. The Hall–Kier alpha value is -1.80. The third-order valence-corrected chi connectivity index (χ3v) is 3.57. The highest BCUT2D eigenvalue weighted by atomic mass is 16.5. The van der Waals surface area contributed by atoms with Crippen molar-refractivity contribution in [3.8, 4) is 5.75 Å². The minimum Gasteiger partial charge on any atom is -0.497 e. The predicted octanol–water partition coefficient (Wildman–Crippen LogP) is 3.98. The molecule has 0 saturated carbocycles. The summed E-state index contributed by atoms with van der Waals surface area (Å²) in [7, 11) is 1.70. The zero-order valence-corrected chi connectivity index (χ0v) is 12.3. The molecule has 2 aromatic carbocycles. The lowest BCUT2D eigenvalue weighted by Crippen LogP contribution is -2.23. The molecule has 0 amide bonds. The number of methoxy groups -OCH3 is 1. The van der Waals surface area contributed by atoms with Crippen molar-refractivity contribution < 1.29 is 4.74 Å². The van der Waals surface area contributed by atoms with Crippen LogP contribution >= 0.6 is 0 Å². The molecule has 1 N–H and O–H groups in total. The number of benzene rings is 2. The smallest absolute Gasteiger partial charge is 0.118 e. The first-order chi connectivity index (χ1) is 9.83. The van der Waals surface area contributed by atoms with E-state index in [1.54, 1.807) is 7.11 Å². The molecule has 0 saturated heterocycles. The van der Waals surface area contributed by atoms with Crippen LogP contribution in [0, 0.1) is 0 Å². The predicted molar refractivity (Wildman–Crippen MR) is 84.2 cm³/mol. The number of nitrogens with one attached hydrogen (secondary N) is 1. The van der Waals surface area contributed by atoms with Gasteiger partial charge in [-0.2, -0.15) is 0 Å². The Morgan fingerprint density at radius 3 is 2.30 bits per heavy atom. The highest BCUT2D eigenvalue weighted by molar-refractivity contribution is 5.29. The first-order valence-electron chi connectivity index (χ1n) is 7.24. The highest BCUT2D eigenvalue weighted by Gasteiger charge is 2.08. The minimum absolute atomic E-state index is 0.407. The maximum Gasteiger partial charge on any atom is 0.118 e. The van der Waals surface area contributed by atoms with Gasteiger partial charge in [-0.05, 0) is 42.6 Å². The molecule has 2 nitrogen and oxygen atoms in total. The van der Waals surface area contributed by atoms with Gasteiger partial charge in [0.2, 0.25) is 0 Å². The lowest BCUT2D eigenvalue weighted by atomic mass is 10.0. The normalized spacial score (nSPS) is 12.1. The van der Waals surface area contributed by atoms with E-state index in [0.29, 0.717) is 6.04 Å². The Kier molecular flexibility index (Phi) is 5.63. The van der Waals surface area contributed by atoms with E-state index in [2.05, 4.69) is 54.7 Å². The average Bonchev–Trinajstić information content (AvgIpc) is 2.53. The molecule has 0 aliphatic heterocycles. The quantitative estimate of drug-likeness (QED) is 0.821. The van der Waals surface area contributed by atoms with Crippen LogP contribution in [-0.4, -0.2) is 13.7 Å². The van der Waals surface area contributed by atoms with Crippen LogP contribution in [0.4, 0.5) is 0 Å². The summed E-state index contributed by atoms with van der Waals surface area (Å²) in [6.07, 6.45) is 2.15. The van der Waals surface area contributed by atoms with Crippen LogP contribution in [0.5, 0.6) is 5.75 Å². The molecular weight excluding hydrogens is 246 g/mol. The first-order valence-corrected chi connectivity index (χ1v) is 7.24. The van der Waals surface area contributed by atoms with Gasteiger partial charge in [0.1, 0.15) is 5.75 Å². The fourth-order valence-corrected chi connectivity index (χ4v) is 2.37. The topological polar surface area (TPSA) is 21.3 Å². The summed E-state index contributed by atoms with van der Waals surface area (Å²) in [6.45, 7) is 3.21. The Balaban J connectivity index is 1.88. The Labute approximate surface area is 121 Å². The molecule has 1 atom stereocenters. The summed E-state index contributed by atoms with van der Waals surface area (Å²) in [4.78, 5) is 0. The van der Waals surface area contributed by atoms with Crippen molar-refractivity contribution in [3.05, 3.63) is 65.7 Å². The highest BCUT2D eigenvalue weighted by Crippen LogP contribution is 2.20. The van der Waals surface area contributed by atoms with Gasteiger partial charge in [0, 0.05) is 6.04 Å². The van der Waals surface area contributed by atoms with Gasteiger partial charge in [0.05, 0.1) is 7.11 Å². The van der Waals surface area contributed by atoms with Gasteiger partial charge in [-0.25, -0.2) is 0 Å². The number of hydrogen-bond donors (Lipinski definition) is 1. The van der Waals surface area contributed by atoms with Crippen LogP contribution in [-0.2, 0) is 6.42 Å². The molecule has 0 bridgehead atoms. The van der Waals surface area contributed by atoms with Crippen molar-refractivity contribution >= 4 is 0 Å². The third kappa shape index (κ3) is 4.10. The third-order valence-electron chi connectivity index (χ3n) is 3.57. The average molecular weight is 269 g/mol. The monoisotopic (exact) mass is 269 g/mol. The van der Waals surface area contributed by atoms with Gasteiger partial charge >= 0.3 is 0 Å². The van der Waals surface area contributed by atoms with Gasteiger partial charge < -0.3 is 10.1 Å². The van der Waals surface area contributed by atoms with Crippen molar-refractivity contribution in [3.63, 3.8) is 0 Å². The summed E-state index contributed by atoms with van der Waals surface area (Å²) < 4.78 is 5.20. The molecule has 0 heterocycles. The van der Waals surface area contributed by atoms with Crippen LogP contribution in [0.2, 0.25) is 0 Å².